The Morgan fingerprint density at radius 2 is 1.95 bits per heavy atom. The first-order valence-electron chi connectivity index (χ1n) is 6.23. The van der Waals surface area contributed by atoms with Crippen LogP contribution in [0.2, 0.25) is 0 Å². The van der Waals surface area contributed by atoms with Gasteiger partial charge in [-0.15, -0.1) is 0 Å². The summed E-state index contributed by atoms with van der Waals surface area (Å²) in [5.74, 6) is 1.12. The van der Waals surface area contributed by atoms with E-state index in [1.54, 1.807) is 25.4 Å². The van der Waals surface area contributed by atoms with E-state index in [1.165, 1.54) is 6.08 Å². The lowest BCUT2D eigenvalue weighted by molar-refractivity contribution is -0.111. The van der Waals surface area contributed by atoms with Crippen LogP contribution in [-0.4, -0.2) is 18.0 Å². The molecule has 2 rings (SSSR count). The maximum absolute atomic E-state index is 11.7. The van der Waals surface area contributed by atoms with Crippen molar-refractivity contribution >= 4 is 17.8 Å². The van der Waals surface area contributed by atoms with Gasteiger partial charge < -0.3 is 10.1 Å². The van der Waals surface area contributed by atoms with Gasteiger partial charge in [-0.1, -0.05) is 18.2 Å². The molecule has 2 aromatic rings. The zero-order chi connectivity index (χ0) is 14.4. The molecule has 0 unspecified atom stereocenters. The van der Waals surface area contributed by atoms with Gasteiger partial charge in [-0.3, -0.25) is 4.79 Å². The highest BCUT2D eigenvalue weighted by atomic mass is 16.5. The molecule has 4 nitrogen and oxygen atoms in total. The van der Waals surface area contributed by atoms with Crippen LogP contribution < -0.4 is 10.1 Å². The van der Waals surface area contributed by atoms with Crippen LogP contribution in [0, 0.1) is 6.92 Å². The fourth-order valence-corrected chi connectivity index (χ4v) is 1.60. The predicted molar refractivity (Wildman–Crippen MR) is 79.6 cm³/mol. The maximum atomic E-state index is 11.7. The molecule has 1 N–H and O–H groups in total. The molecule has 4 heteroatoms. The second kappa shape index (κ2) is 6.52. The fourth-order valence-electron chi connectivity index (χ4n) is 1.60. The molecule has 0 spiro atoms. The van der Waals surface area contributed by atoms with E-state index in [1.807, 2.05) is 37.3 Å². The molecule has 0 aliphatic rings. The summed E-state index contributed by atoms with van der Waals surface area (Å²) < 4.78 is 5.07. The van der Waals surface area contributed by atoms with E-state index in [0.717, 1.165) is 16.9 Å². The first-order valence-corrected chi connectivity index (χ1v) is 6.23. The molecular weight excluding hydrogens is 252 g/mol. The number of pyridine rings is 1. The zero-order valence-corrected chi connectivity index (χ0v) is 11.5. The van der Waals surface area contributed by atoms with E-state index in [4.69, 9.17) is 4.74 Å². The average molecular weight is 268 g/mol. The molecular formula is C16H16N2O2. The van der Waals surface area contributed by atoms with Crippen LogP contribution in [0.5, 0.6) is 5.75 Å². The number of nitrogens with one attached hydrogen (secondary N) is 1. The number of anilines is 1. The van der Waals surface area contributed by atoms with Crippen LogP contribution in [0.15, 0.2) is 48.7 Å². The Bertz CT molecular complexity index is 601. The van der Waals surface area contributed by atoms with Gasteiger partial charge in [0, 0.05) is 12.3 Å². The number of ether oxygens (including phenoxy) is 1. The van der Waals surface area contributed by atoms with E-state index in [-0.39, 0.29) is 5.91 Å². The fraction of sp³-hybridized carbons (Fsp3) is 0.125. The number of hydrogen-bond acceptors (Lipinski definition) is 3. The third-order valence-corrected chi connectivity index (χ3v) is 2.71. The van der Waals surface area contributed by atoms with Crippen LogP contribution in [0.25, 0.3) is 6.08 Å². The molecule has 0 bridgehead atoms. The summed E-state index contributed by atoms with van der Waals surface area (Å²) in [5.41, 5.74) is 1.98. The Hall–Kier alpha value is -2.62. The Balaban J connectivity index is 1.96. The van der Waals surface area contributed by atoms with Crippen molar-refractivity contribution < 1.29 is 9.53 Å². The third-order valence-electron chi connectivity index (χ3n) is 2.71. The van der Waals surface area contributed by atoms with E-state index in [0.29, 0.717) is 5.82 Å². The van der Waals surface area contributed by atoms with Gasteiger partial charge in [-0.05, 0) is 42.3 Å². The van der Waals surface area contributed by atoms with Gasteiger partial charge in [0.25, 0.3) is 0 Å². The van der Waals surface area contributed by atoms with E-state index < -0.39 is 0 Å². The van der Waals surface area contributed by atoms with Crippen molar-refractivity contribution in [2.75, 3.05) is 12.4 Å². The van der Waals surface area contributed by atoms with Crippen molar-refractivity contribution in [2.45, 2.75) is 6.92 Å². The first kappa shape index (κ1) is 13.8. The Morgan fingerprint density at radius 1 is 1.20 bits per heavy atom. The van der Waals surface area contributed by atoms with E-state index in [9.17, 15) is 4.79 Å². The molecule has 1 amide bonds. The maximum Gasteiger partial charge on any atom is 0.249 e. The van der Waals surface area contributed by atoms with Gasteiger partial charge in [-0.25, -0.2) is 4.98 Å². The summed E-state index contributed by atoms with van der Waals surface area (Å²) in [6.45, 7) is 1.95. The van der Waals surface area contributed by atoms with Crippen molar-refractivity contribution in [2.24, 2.45) is 0 Å². The van der Waals surface area contributed by atoms with Crippen LogP contribution in [0.1, 0.15) is 11.1 Å². The van der Waals surface area contributed by atoms with Gasteiger partial charge in [-0.2, -0.15) is 0 Å². The number of carbonyl (C=O) groups excluding carboxylic acids is 1. The number of benzene rings is 1. The number of aromatic nitrogens is 1. The quantitative estimate of drug-likeness (QED) is 0.867. The highest BCUT2D eigenvalue weighted by Crippen LogP contribution is 2.12. The van der Waals surface area contributed by atoms with Crippen molar-refractivity contribution in [3.8, 4) is 5.75 Å². The SMILES string of the molecule is COc1ccc(/C=C/C(=O)Nc2ccc(C)cn2)cc1. The van der Waals surface area contributed by atoms with Crippen LogP contribution >= 0.6 is 0 Å². The van der Waals surface area contributed by atoms with E-state index >= 15 is 0 Å². The molecule has 0 aliphatic heterocycles. The minimum absolute atomic E-state index is 0.211. The molecule has 0 saturated heterocycles. The summed E-state index contributed by atoms with van der Waals surface area (Å²) in [6, 6.07) is 11.1. The van der Waals surface area contributed by atoms with Crippen molar-refractivity contribution in [3.63, 3.8) is 0 Å². The molecule has 102 valence electrons. The molecule has 1 heterocycles. The number of carbonyl (C=O) groups is 1. The second-order valence-electron chi connectivity index (χ2n) is 4.32. The van der Waals surface area contributed by atoms with Crippen molar-refractivity contribution in [1.82, 2.24) is 4.98 Å². The molecule has 0 fully saturated rings. The van der Waals surface area contributed by atoms with Gasteiger partial charge in [0.2, 0.25) is 5.91 Å². The normalized spacial score (nSPS) is 10.5. The summed E-state index contributed by atoms with van der Waals surface area (Å²) in [6.07, 6.45) is 4.93. The monoisotopic (exact) mass is 268 g/mol. The second-order valence-corrected chi connectivity index (χ2v) is 4.32. The van der Waals surface area contributed by atoms with E-state index in [2.05, 4.69) is 10.3 Å². The molecule has 1 aromatic carbocycles. The van der Waals surface area contributed by atoms with Gasteiger partial charge in [0.15, 0.2) is 0 Å². The zero-order valence-electron chi connectivity index (χ0n) is 11.5. The van der Waals surface area contributed by atoms with Crippen LogP contribution in [0.4, 0.5) is 5.82 Å². The summed E-state index contributed by atoms with van der Waals surface area (Å²) in [7, 11) is 1.62. The first-order chi connectivity index (χ1) is 9.67. The minimum atomic E-state index is -0.211. The Labute approximate surface area is 118 Å². The van der Waals surface area contributed by atoms with Gasteiger partial charge in [0.1, 0.15) is 11.6 Å². The number of aryl methyl sites for hydroxylation is 1. The molecule has 0 atom stereocenters. The number of amides is 1. The van der Waals surface area contributed by atoms with Crippen LogP contribution in [0.3, 0.4) is 0 Å². The molecule has 20 heavy (non-hydrogen) atoms. The largest absolute Gasteiger partial charge is 0.497 e. The number of nitrogens with zero attached hydrogens (tertiary/aromatic N) is 1. The average Bonchev–Trinajstić information content (AvgIpc) is 2.48. The summed E-state index contributed by atoms with van der Waals surface area (Å²) >= 11 is 0. The highest BCUT2D eigenvalue weighted by molar-refractivity contribution is 6.01. The highest BCUT2D eigenvalue weighted by Gasteiger charge is 1.98. The molecule has 0 radical (unpaired) electrons. The third kappa shape index (κ3) is 3.95. The number of rotatable bonds is 4. The molecule has 1 aromatic heterocycles. The molecule has 0 saturated carbocycles. The van der Waals surface area contributed by atoms with Gasteiger partial charge >= 0.3 is 0 Å². The standard InChI is InChI=1S/C16H16N2O2/c1-12-3-9-15(17-11-12)18-16(19)10-6-13-4-7-14(20-2)8-5-13/h3-11H,1-2H3,(H,17,18,19)/b10-6+. The van der Waals surface area contributed by atoms with Crippen molar-refractivity contribution in [3.05, 3.63) is 59.8 Å². The lowest BCUT2D eigenvalue weighted by atomic mass is 10.2. The lowest BCUT2D eigenvalue weighted by Gasteiger charge is -2.01. The topological polar surface area (TPSA) is 51.2 Å². The van der Waals surface area contributed by atoms with Crippen LogP contribution in [-0.2, 0) is 4.79 Å². The van der Waals surface area contributed by atoms with Crippen molar-refractivity contribution in [1.29, 1.82) is 0 Å². The Morgan fingerprint density at radius 3 is 2.55 bits per heavy atom. The number of methoxy groups -OCH3 is 1. The lowest BCUT2D eigenvalue weighted by Crippen LogP contribution is -2.08. The number of hydrogen-bond donors (Lipinski definition) is 1. The minimum Gasteiger partial charge on any atom is -0.497 e. The predicted octanol–water partition coefficient (Wildman–Crippen LogP) is 3.05. The Kier molecular flexibility index (Phi) is 4.50. The molecule has 0 aliphatic carbocycles. The smallest absolute Gasteiger partial charge is 0.249 e. The summed E-state index contributed by atoms with van der Waals surface area (Å²) in [5, 5.41) is 2.70. The van der Waals surface area contributed by atoms with Gasteiger partial charge in [0.05, 0.1) is 7.11 Å². The summed E-state index contributed by atoms with van der Waals surface area (Å²) in [4.78, 5) is 15.8.